The Morgan fingerprint density at radius 1 is 1.03 bits per heavy atom. The van der Waals surface area contributed by atoms with E-state index in [4.69, 9.17) is 0 Å². The fourth-order valence-corrected chi connectivity index (χ4v) is 6.27. The van der Waals surface area contributed by atoms with E-state index in [1.54, 1.807) is 11.4 Å². The lowest BCUT2D eigenvalue weighted by Gasteiger charge is -2.34. The first-order valence-corrected chi connectivity index (χ1v) is 12.0. The van der Waals surface area contributed by atoms with Crippen LogP contribution in [0.3, 0.4) is 0 Å². The second-order valence-electron chi connectivity index (χ2n) is 6.18. The lowest BCUT2D eigenvalue weighted by atomic mass is 10.2. The number of piperazine rings is 1. The first-order chi connectivity index (χ1) is 13.9. The summed E-state index contributed by atoms with van der Waals surface area (Å²) in [4.78, 5) is 10.6. The van der Waals surface area contributed by atoms with Gasteiger partial charge in [0, 0.05) is 32.2 Å². The molecule has 1 aliphatic heterocycles. The Bertz CT molecular complexity index is 1160. The summed E-state index contributed by atoms with van der Waals surface area (Å²) in [6.45, 7) is 0.0770. The maximum Gasteiger partial charge on any atom is 0.501 e. The molecule has 0 N–H and O–H groups in total. The molecule has 1 saturated heterocycles. The number of thiophene rings is 1. The molecule has 0 spiro atoms. The average molecular weight is 485 g/mol. The molecule has 2 heterocycles. The predicted octanol–water partition coefficient (Wildman–Crippen LogP) is 2.46. The summed E-state index contributed by atoms with van der Waals surface area (Å²) in [7, 11) is -9.45. The molecule has 1 aliphatic rings. The van der Waals surface area contributed by atoms with Gasteiger partial charge in [0.25, 0.3) is 25.5 Å². The lowest BCUT2D eigenvalue weighted by molar-refractivity contribution is -0.384. The zero-order valence-corrected chi connectivity index (χ0v) is 17.4. The van der Waals surface area contributed by atoms with E-state index in [1.807, 2.05) is 0 Å². The third kappa shape index (κ3) is 4.01. The number of benzene rings is 1. The van der Waals surface area contributed by atoms with Gasteiger partial charge >= 0.3 is 5.51 Å². The van der Waals surface area contributed by atoms with Crippen LogP contribution in [-0.4, -0.2) is 57.8 Å². The monoisotopic (exact) mass is 485 g/mol. The van der Waals surface area contributed by atoms with E-state index >= 15 is 0 Å². The second-order valence-corrected chi connectivity index (χ2v) is 11.2. The van der Waals surface area contributed by atoms with Gasteiger partial charge in [-0.3, -0.25) is 10.1 Å². The maximum absolute atomic E-state index is 12.7. The van der Waals surface area contributed by atoms with Gasteiger partial charge < -0.3 is 4.90 Å². The number of hydrogen-bond acceptors (Lipinski definition) is 8. The maximum atomic E-state index is 12.7. The van der Waals surface area contributed by atoms with Crippen molar-refractivity contribution in [3.05, 3.63) is 45.8 Å². The Kier molecular flexibility index (Phi) is 5.83. The number of nitrogens with zero attached hydrogens (tertiary/aromatic N) is 3. The quantitative estimate of drug-likeness (QED) is 0.472. The number of hydrogen-bond donors (Lipinski definition) is 0. The molecule has 2 aromatic rings. The first-order valence-electron chi connectivity index (χ1n) is 8.24. The van der Waals surface area contributed by atoms with Crippen LogP contribution in [0.25, 0.3) is 0 Å². The van der Waals surface area contributed by atoms with Crippen LogP contribution in [0.4, 0.5) is 24.5 Å². The van der Waals surface area contributed by atoms with E-state index in [9.17, 15) is 40.1 Å². The van der Waals surface area contributed by atoms with Crippen LogP contribution in [-0.2, 0) is 19.9 Å². The molecule has 9 nitrogen and oxygen atoms in total. The van der Waals surface area contributed by atoms with Crippen molar-refractivity contribution in [1.29, 1.82) is 0 Å². The van der Waals surface area contributed by atoms with Gasteiger partial charge in [0.1, 0.15) is 9.90 Å². The summed E-state index contributed by atoms with van der Waals surface area (Å²) in [6, 6.07) is 5.00. The Labute approximate surface area is 173 Å². The number of alkyl halides is 3. The smallest absolute Gasteiger partial charge is 0.363 e. The molecule has 0 bridgehead atoms. The topological polar surface area (TPSA) is 118 Å². The van der Waals surface area contributed by atoms with Crippen molar-refractivity contribution in [2.75, 3.05) is 31.1 Å². The molecule has 0 aliphatic carbocycles. The minimum Gasteiger partial charge on any atom is -0.363 e. The molecule has 3 rings (SSSR count). The molecule has 0 atom stereocenters. The minimum absolute atomic E-state index is 0.0000111. The number of nitro groups is 1. The first kappa shape index (κ1) is 22.5. The van der Waals surface area contributed by atoms with E-state index in [0.29, 0.717) is 12.1 Å². The molecule has 0 radical (unpaired) electrons. The van der Waals surface area contributed by atoms with Gasteiger partial charge in [-0.2, -0.15) is 17.5 Å². The lowest BCUT2D eigenvalue weighted by Crippen LogP contribution is -2.48. The fourth-order valence-electron chi connectivity index (χ4n) is 2.92. The fraction of sp³-hybridized carbons (Fsp3) is 0.333. The van der Waals surface area contributed by atoms with Crippen LogP contribution < -0.4 is 4.90 Å². The molecule has 0 unspecified atom stereocenters. The highest BCUT2D eigenvalue weighted by molar-refractivity contribution is 7.92. The van der Waals surface area contributed by atoms with Crippen molar-refractivity contribution >= 4 is 42.6 Å². The van der Waals surface area contributed by atoms with Crippen LogP contribution in [0.2, 0.25) is 0 Å². The van der Waals surface area contributed by atoms with Crippen molar-refractivity contribution in [2.45, 2.75) is 14.6 Å². The summed E-state index contributed by atoms with van der Waals surface area (Å²) >= 11 is 1.05. The van der Waals surface area contributed by atoms with Gasteiger partial charge in [-0.1, -0.05) is 6.07 Å². The predicted molar refractivity (Wildman–Crippen MR) is 102 cm³/mol. The number of sulfone groups is 1. The van der Waals surface area contributed by atoms with Crippen LogP contribution in [0.1, 0.15) is 0 Å². The number of nitro benzene ring substituents is 1. The van der Waals surface area contributed by atoms with Crippen molar-refractivity contribution in [3.8, 4) is 0 Å². The zero-order valence-electron chi connectivity index (χ0n) is 14.9. The van der Waals surface area contributed by atoms with Gasteiger partial charge in [0.05, 0.1) is 9.82 Å². The van der Waals surface area contributed by atoms with Crippen molar-refractivity contribution < 1.29 is 34.9 Å². The Hall–Kier alpha value is -2.23. The number of sulfonamides is 1. The Morgan fingerprint density at radius 2 is 1.67 bits per heavy atom. The summed E-state index contributed by atoms with van der Waals surface area (Å²) in [5, 5.41) is 13.0. The Morgan fingerprint density at radius 3 is 2.17 bits per heavy atom. The summed E-state index contributed by atoms with van der Waals surface area (Å²) in [5.41, 5.74) is -6.49. The van der Waals surface area contributed by atoms with Crippen molar-refractivity contribution in [2.24, 2.45) is 0 Å². The van der Waals surface area contributed by atoms with E-state index in [1.165, 1.54) is 15.3 Å². The molecule has 0 amide bonds. The van der Waals surface area contributed by atoms with Gasteiger partial charge in [-0.15, -0.1) is 11.3 Å². The average Bonchev–Trinajstić information content (AvgIpc) is 3.22. The number of anilines is 1. The number of halogens is 3. The summed E-state index contributed by atoms with van der Waals surface area (Å²) in [5.74, 6) is 0. The number of rotatable bonds is 5. The SMILES string of the molecule is O=[N+]([O-])c1cc(S(=O)(=O)C(F)(F)F)ccc1N1CCN(S(=O)(=O)c2cccs2)CC1. The molecule has 1 aromatic carbocycles. The molecule has 15 heteroatoms. The normalized spacial score (nSPS) is 16.6. The molecule has 30 heavy (non-hydrogen) atoms. The minimum atomic E-state index is -5.74. The summed E-state index contributed by atoms with van der Waals surface area (Å²) < 4.78 is 87.8. The van der Waals surface area contributed by atoms with Crippen LogP contribution in [0.15, 0.2) is 44.8 Å². The standard InChI is InChI=1S/C15H14F3N3O6S3/c16-15(17,18)29(24,25)11-3-4-12(13(10-11)21(22)23)19-5-7-20(8-6-19)30(26,27)14-2-1-9-28-14/h1-4,9-10H,5-8H2. The van der Waals surface area contributed by atoms with E-state index in [2.05, 4.69) is 0 Å². The van der Waals surface area contributed by atoms with E-state index in [-0.39, 0.29) is 36.1 Å². The van der Waals surface area contributed by atoms with Crippen molar-refractivity contribution in [1.82, 2.24) is 4.31 Å². The second kappa shape index (κ2) is 7.79. The molecular formula is C15H14F3N3O6S3. The molecule has 0 saturated carbocycles. The molecule has 1 aromatic heterocycles. The highest BCUT2D eigenvalue weighted by Gasteiger charge is 2.47. The van der Waals surface area contributed by atoms with E-state index < -0.39 is 40.9 Å². The van der Waals surface area contributed by atoms with Crippen LogP contribution >= 0.6 is 11.3 Å². The summed E-state index contributed by atoms with van der Waals surface area (Å²) in [6.07, 6.45) is 0. The highest BCUT2D eigenvalue weighted by atomic mass is 32.2. The highest BCUT2D eigenvalue weighted by Crippen LogP contribution is 2.36. The Balaban J connectivity index is 1.86. The van der Waals surface area contributed by atoms with Gasteiger partial charge in [0.15, 0.2) is 0 Å². The third-order valence-corrected chi connectivity index (χ3v) is 9.18. The zero-order chi connectivity index (χ0) is 22.3. The van der Waals surface area contributed by atoms with Gasteiger partial charge in [0.2, 0.25) is 0 Å². The molecular weight excluding hydrogens is 471 g/mol. The third-order valence-electron chi connectivity index (χ3n) is 4.43. The molecule has 164 valence electrons. The van der Waals surface area contributed by atoms with Gasteiger partial charge in [-0.25, -0.2) is 16.8 Å². The van der Waals surface area contributed by atoms with Crippen molar-refractivity contribution in [3.63, 3.8) is 0 Å². The van der Waals surface area contributed by atoms with Crippen LogP contribution in [0, 0.1) is 10.1 Å². The van der Waals surface area contributed by atoms with E-state index in [0.717, 1.165) is 17.4 Å². The largest absolute Gasteiger partial charge is 0.501 e. The van der Waals surface area contributed by atoms with Gasteiger partial charge in [-0.05, 0) is 23.6 Å². The molecule has 1 fully saturated rings. The van der Waals surface area contributed by atoms with Crippen LogP contribution in [0.5, 0.6) is 0 Å².